The van der Waals surface area contributed by atoms with Gasteiger partial charge in [0.1, 0.15) is 5.82 Å². The average molecular weight is 269 g/mol. The minimum Gasteiger partial charge on any atom is -0.363 e. The molecule has 2 aromatic rings. The summed E-state index contributed by atoms with van der Waals surface area (Å²) in [5.74, 6) is 0.754. The summed E-state index contributed by atoms with van der Waals surface area (Å²) in [7, 11) is 3.84. The number of rotatable bonds is 5. The third-order valence-electron chi connectivity index (χ3n) is 3.01. The zero-order valence-corrected chi connectivity index (χ0v) is 11.8. The third kappa shape index (κ3) is 3.82. The fourth-order valence-electron chi connectivity index (χ4n) is 1.85. The molecular formula is C16H19N3O. The maximum absolute atomic E-state index is 12.0. The molecule has 0 aliphatic carbocycles. The van der Waals surface area contributed by atoms with Gasteiger partial charge in [-0.15, -0.1) is 0 Å². The molecule has 1 aromatic carbocycles. The minimum absolute atomic E-state index is 0.0845. The van der Waals surface area contributed by atoms with Crippen molar-refractivity contribution in [1.82, 2.24) is 10.3 Å². The van der Waals surface area contributed by atoms with Crippen molar-refractivity contribution in [2.24, 2.45) is 0 Å². The van der Waals surface area contributed by atoms with Crippen molar-refractivity contribution in [2.45, 2.75) is 6.42 Å². The summed E-state index contributed by atoms with van der Waals surface area (Å²) < 4.78 is 0. The van der Waals surface area contributed by atoms with Gasteiger partial charge in [0, 0.05) is 26.8 Å². The lowest BCUT2D eigenvalue weighted by atomic mass is 10.1. The van der Waals surface area contributed by atoms with Crippen molar-refractivity contribution in [1.29, 1.82) is 0 Å². The highest BCUT2D eigenvalue weighted by Crippen LogP contribution is 2.07. The molecule has 2 rings (SSSR count). The van der Waals surface area contributed by atoms with Crippen LogP contribution in [0.3, 0.4) is 0 Å². The predicted octanol–water partition coefficient (Wildman–Crippen LogP) is 2.12. The Morgan fingerprint density at radius 2 is 1.90 bits per heavy atom. The Balaban J connectivity index is 1.85. The van der Waals surface area contributed by atoms with Gasteiger partial charge in [-0.25, -0.2) is 4.98 Å². The molecule has 0 spiro atoms. The Bertz CT molecular complexity index is 550. The SMILES string of the molecule is CN(C)c1ccc(C(=O)NCCc2ccccc2)cn1. The summed E-state index contributed by atoms with van der Waals surface area (Å²) in [4.78, 5) is 18.1. The van der Waals surface area contributed by atoms with E-state index in [1.807, 2.05) is 43.3 Å². The zero-order chi connectivity index (χ0) is 14.4. The van der Waals surface area contributed by atoms with E-state index in [1.165, 1.54) is 5.56 Å². The van der Waals surface area contributed by atoms with Gasteiger partial charge >= 0.3 is 0 Å². The largest absolute Gasteiger partial charge is 0.363 e. The first-order valence-corrected chi connectivity index (χ1v) is 6.62. The number of benzene rings is 1. The summed E-state index contributed by atoms with van der Waals surface area (Å²) >= 11 is 0. The lowest BCUT2D eigenvalue weighted by molar-refractivity contribution is 0.0954. The summed E-state index contributed by atoms with van der Waals surface area (Å²) in [6.07, 6.45) is 2.43. The maximum atomic E-state index is 12.0. The number of hydrogen-bond acceptors (Lipinski definition) is 3. The number of carbonyl (C=O) groups excluding carboxylic acids is 1. The first kappa shape index (κ1) is 14.1. The van der Waals surface area contributed by atoms with E-state index < -0.39 is 0 Å². The molecule has 0 atom stereocenters. The Morgan fingerprint density at radius 3 is 2.50 bits per heavy atom. The van der Waals surface area contributed by atoms with E-state index in [2.05, 4.69) is 22.4 Å². The molecular weight excluding hydrogens is 250 g/mol. The van der Waals surface area contributed by atoms with Crippen LogP contribution in [0.15, 0.2) is 48.7 Å². The van der Waals surface area contributed by atoms with Crippen molar-refractivity contribution in [2.75, 3.05) is 25.5 Å². The second-order valence-electron chi connectivity index (χ2n) is 4.79. The first-order chi connectivity index (χ1) is 9.66. The van der Waals surface area contributed by atoms with Crippen molar-refractivity contribution < 1.29 is 4.79 Å². The molecule has 0 radical (unpaired) electrons. The van der Waals surface area contributed by atoms with Crippen molar-refractivity contribution in [3.05, 3.63) is 59.8 Å². The van der Waals surface area contributed by atoms with Crippen LogP contribution >= 0.6 is 0 Å². The topological polar surface area (TPSA) is 45.2 Å². The molecule has 0 aliphatic rings. The zero-order valence-electron chi connectivity index (χ0n) is 11.8. The predicted molar refractivity (Wildman–Crippen MR) is 81.0 cm³/mol. The number of nitrogens with zero attached hydrogens (tertiary/aromatic N) is 2. The Hall–Kier alpha value is -2.36. The van der Waals surface area contributed by atoms with E-state index in [4.69, 9.17) is 0 Å². The van der Waals surface area contributed by atoms with E-state index in [0.29, 0.717) is 12.1 Å². The summed E-state index contributed by atoms with van der Waals surface area (Å²) in [5.41, 5.74) is 1.80. The van der Waals surface area contributed by atoms with Gasteiger partial charge in [0.25, 0.3) is 5.91 Å². The minimum atomic E-state index is -0.0845. The Labute approximate surface area is 119 Å². The van der Waals surface area contributed by atoms with Gasteiger partial charge in [-0.3, -0.25) is 4.79 Å². The Kier molecular flexibility index (Phi) is 4.71. The van der Waals surface area contributed by atoms with Crippen LogP contribution in [0.1, 0.15) is 15.9 Å². The van der Waals surface area contributed by atoms with Crippen molar-refractivity contribution >= 4 is 11.7 Å². The molecule has 1 amide bonds. The monoisotopic (exact) mass is 269 g/mol. The third-order valence-corrected chi connectivity index (χ3v) is 3.01. The highest BCUT2D eigenvalue weighted by atomic mass is 16.1. The molecule has 1 heterocycles. The number of amides is 1. The van der Waals surface area contributed by atoms with E-state index in [9.17, 15) is 4.79 Å². The van der Waals surface area contributed by atoms with E-state index >= 15 is 0 Å². The number of anilines is 1. The molecule has 4 heteroatoms. The first-order valence-electron chi connectivity index (χ1n) is 6.62. The van der Waals surface area contributed by atoms with Crippen LogP contribution in [0.4, 0.5) is 5.82 Å². The maximum Gasteiger partial charge on any atom is 0.252 e. The molecule has 20 heavy (non-hydrogen) atoms. The van der Waals surface area contributed by atoms with Gasteiger partial charge < -0.3 is 10.2 Å². The van der Waals surface area contributed by atoms with Crippen LogP contribution < -0.4 is 10.2 Å². The van der Waals surface area contributed by atoms with E-state index in [0.717, 1.165) is 12.2 Å². The second kappa shape index (κ2) is 6.70. The normalized spacial score (nSPS) is 10.1. The van der Waals surface area contributed by atoms with Crippen LogP contribution in [-0.4, -0.2) is 31.5 Å². The smallest absolute Gasteiger partial charge is 0.252 e. The lowest BCUT2D eigenvalue weighted by Crippen LogP contribution is -2.26. The van der Waals surface area contributed by atoms with Crippen LogP contribution in [-0.2, 0) is 6.42 Å². The highest BCUT2D eigenvalue weighted by Gasteiger charge is 2.06. The van der Waals surface area contributed by atoms with Gasteiger partial charge in [0.15, 0.2) is 0 Å². The van der Waals surface area contributed by atoms with E-state index in [1.54, 1.807) is 12.3 Å². The molecule has 0 saturated heterocycles. The fraction of sp³-hybridized carbons (Fsp3) is 0.250. The number of aromatic nitrogens is 1. The van der Waals surface area contributed by atoms with Crippen molar-refractivity contribution in [3.63, 3.8) is 0 Å². The summed E-state index contributed by atoms with van der Waals surface area (Å²) in [6, 6.07) is 13.7. The van der Waals surface area contributed by atoms with Crippen LogP contribution in [0.25, 0.3) is 0 Å². The lowest BCUT2D eigenvalue weighted by Gasteiger charge is -2.11. The quantitative estimate of drug-likeness (QED) is 0.904. The molecule has 104 valence electrons. The van der Waals surface area contributed by atoms with Gasteiger partial charge in [0.05, 0.1) is 5.56 Å². The summed E-state index contributed by atoms with van der Waals surface area (Å²) in [6.45, 7) is 0.623. The molecule has 4 nitrogen and oxygen atoms in total. The standard InChI is InChI=1S/C16H19N3O/c1-19(2)15-9-8-14(12-18-15)16(20)17-11-10-13-6-4-3-5-7-13/h3-9,12H,10-11H2,1-2H3,(H,17,20). The number of nitrogens with one attached hydrogen (secondary N) is 1. The fourth-order valence-corrected chi connectivity index (χ4v) is 1.85. The van der Waals surface area contributed by atoms with Gasteiger partial charge in [-0.2, -0.15) is 0 Å². The highest BCUT2D eigenvalue weighted by molar-refractivity contribution is 5.94. The Morgan fingerprint density at radius 1 is 1.15 bits per heavy atom. The second-order valence-corrected chi connectivity index (χ2v) is 4.79. The van der Waals surface area contributed by atoms with Crippen molar-refractivity contribution in [3.8, 4) is 0 Å². The molecule has 0 aliphatic heterocycles. The molecule has 1 aromatic heterocycles. The van der Waals surface area contributed by atoms with Crippen LogP contribution in [0.2, 0.25) is 0 Å². The number of carbonyl (C=O) groups is 1. The van der Waals surface area contributed by atoms with Gasteiger partial charge in [0.2, 0.25) is 0 Å². The van der Waals surface area contributed by atoms with Gasteiger partial charge in [-0.05, 0) is 24.1 Å². The number of pyridine rings is 1. The average Bonchev–Trinajstić information content (AvgIpc) is 2.48. The van der Waals surface area contributed by atoms with E-state index in [-0.39, 0.29) is 5.91 Å². The van der Waals surface area contributed by atoms with Crippen LogP contribution in [0, 0.1) is 0 Å². The summed E-state index contributed by atoms with van der Waals surface area (Å²) in [5, 5.41) is 2.90. The molecule has 0 fully saturated rings. The molecule has 1 N–H and O–H groups in total. The molecule has 0 bridgehead atoms. The van der Waals surface area contributed by atoms with Crippen LogP contribution in [0.5, 0.6) is 0 Å². The molecule has 0 unspecified atom stereocenters. The molecule has 0 saturated carbocycles. The number of hydrogen-bond donors (Lipinski definition) is 1. The van der Waals surface area contributed by atoms with Gasteiger partial charge in [-0.1, -0.05) is 30.3 Å².